The van der Waals surface area contributed by atoms with Gasteiger partial charge in [-0.2, -0.15) is 5.10 Å². The molecule has 1 saturated heterocycles. The number of aromatic nitrogens is 2. The molecule has 4 rings (SSSR count). The third-order valence-corrected chi connectivity index (χ3v) is 4.91. The molecular formula is C21H19ClN4O2. The normalized spacial score (nSPS) is 13.8. The van der Waals surface area contributed by atoms with Crippen molar-refractivity contribution in [3.63, 3.8) is 0 Å². The van der Waals surface area contributed by atoms with Crippen LogP contribution < -0.4 is 10.2 Å². The number of rotatable bonds is 5. The molecule has 0 unspecified atom stereocenters. The minimum Gasteiger partial charge on any atom is -0.348 e. The van der Waals surface area contributed by atoms with Crippen molar-refractivity contribution in [3.8, 4) is 5.69 Å². The molecule has 0 saturated carbocycles. The van der Waals surface area contributed by atoms with Crippen LogP contribution in [0.4, 0.5) is 5.69 Å². The summed E-state index contributed by atoms with van der Waals surface area (Å²) < 4.78 is 1.76. The van der Waals surface area contributed by atoms with Gasteiger partial charge < -0.3 is 10.2 Å². The Labute approximate surface area is 167 Å². The number of nitrogens with one attached hydrogen (secondary N) is 1. The predicted molar refractivity (Wildman–Crippen MR) is 108 cm³/mol. The van der Waals surface area contributed by atoms with Gasteiger partial charge in [-0.15, -0.1) is 0 Å². The van der Waals surface area contributed by atoms with Gasteiger partial charge in [0.2, 0.25) is 5.91 Å². The summed E-state index contributed by atoms with van der Waals surface area (Å²) in [5.41, 5.74) is 2.83. The lowest BCUT2D eigenvalue weighted by Crippen LogP contribution is -2.29. The average molecular weight is 395 g/mol. The monoisotopic (exact) mass is 394 g/mol. The van der Waals surface area contributed by atoms with Crippen LogP contribution in [0.2, 0.25) is 5.02 Å². The third-order valence-electron chi connectivity index (χ3n) is 4.68. The molecule has 0 atom stereocenters. The zero-order chi connectivity index (χ0) is 19.5. The van der Waals surface area contributed by atoms with E-state index in [9.17, 15) is 9.59 Å². The van der Waals surface area contributed by atoms with Crippen LogP contribution in [-0.4, -0.2) is 28.1 Å². The molecule has 0 spiro atoms. The van der Waals surface area contributed by atoms with Crippen LogP contribution >= 0.6 is 11.6 Å². The van der Waals surface area contributed by atoms with E-state index in [0.717, 1.165) is 17.7 Å². The van der Waals surface area contributed by atoms with Gasteiger partial charge in [-0.1, -0.05) is 29.8 Å². The highest BCUT2D eigenvalue weighted by Gasteiger charge is 2.26. The van der Waals surface area contributed by atoms with Crippen molar-refractivity contribution in [2.24, 2.45) is 0 Å². The van der Waals surface area contributed by atoms with E-state index in [0.29, 0.717) is 35.8 Å². The molecule has 1 N–H and O–H groups in total. The highest BCUT2D eigenvalue weighted by atomic mass is 35.5. The third kappa shape index (κ3) is 3.77. The molecule has 2 amide bonds. The van der Waals surface area contributed by atoms with Crippen molar-refractivity contribution in [1.29, 1.82) is 0 Å². The summed E-state index contributed by atoms with van der Waals surface area (Å²) in [6, 6.07) is 14.8. The summed E-state index contributed by atoms with van der Waals surface area (Å²) in [4.78, 5) is 26.5. The van der Waals surface area contributed by atoms with Crippen LogP contribution in [0.25, 0.3) is 5.69 Å². The lowest BCUT2D eigenvalue weighted by atomic mass is 10.1. The number of benzene rings is 2. The number of carbonyl (C=O) groups excluding carboxylic acids is 2. The number of anilines is 1. The maximum absolute atomic E-state index is 12.8. The maximum Gasteiger partial charge on any atom is 0.253 e. The smallest absolute Gasteiger partial charge is 0.253 e. The summed E-state index contributed by atoms with van der Waals surface area (Å²) in [6.45, 7) is 0.935. The largest absolute Gasteiger partial charge is 0.348 e. The number of nitrogens with zero attached hydrogens (tertiary/aromatic N) is 3. The fraction of sp³-hybridized carbons (Fsp3) is 0.190. The Hall–Kier alpha value is -3.12. The first-order valence-electron chi connectivity index (χ1n) is 9.09. The molecule has 3 aromatic rings. The second-order valence-electron chi connectivity index (χ2n) is 6.62. The number of hydrogen-bond acceptors (Lipinski definition) is 3. The van der Waals surface area contributed by atoms with Gasteiger partial charge in [0.1, 0.15) is 0 Å². The molecule has 28 heavy (non-hydrogen) atoms. The van der Waals surface area contributed by atoms with Crippen LogP contribution in [0.3, 0.4) is 0 Å². The zero-order valence-electron chi connectivity index (χ0n) is 15.1. The van der Waals surface area contributed by atoms with Gasteiger partial charge in [0.25, 0.3) is 5.91 Å². The number of halogens is 1. The standard InChI is InChI=1S/C21H19ClN4O2/c22-16-8-9-18(19(11-16)25-10-4-7-20(25)27)21(28)23-12-15-13-24-26(14-15)17-5-2-1-3-6-17/h1-3,5-6,8-9,11,13-14H,4,7,10,12H2,(H,23,28). The summed E-state index contributed by atoms with van der Waals surface area (Å²) in [6.07, 6.45) is 4.87. The molecule has 6 nitrogen and oxygen atoms in total. The lowest BCUT2D eigenvalue weighted by Gasteiger charge is -2.19. The van der Waals surface area contributed by atoms with Gasteiger partial charge >= 0.3 is 0 Å². The second-order valence-corrected chi connectivity index (χ2v) is 7.06. The van der Waals surface area contributed by atoms with Crippen molar-refractivity contribution < 1.29 is 9.59 Å². The van der Waals surface area contributed by atoms with Crippen molar-refractivity contribution >= 4 is 29.1 Å². The van der Waals surface area contributed by atoms with E-state index < -0.39 is 0 Å². The number of amides is 2. The SMILES string of the molecule is O=C(NCc1cnn(-c2ccccc2)c1)c1ccc(Cl)cc1N1CCCC1=O. The summed E-state index contributed by atoms with van der Waals surface area (Å²) in [7, 11) is 0. The van der Waals surface area contributed by atoms with Crippen LogP contribution in [0.15, 0.2) is 60.9 Å². The van der Waals surface area contributed by atoms with Gasteiger partial charge in [-0.3, -0.25) is 9.59 Å². The van der Waals surface area contributed by atoms with Crippen LogP contribution in [0, 0.1) is 0 Å². The molecule has 0 radical (unpaired) electrons. The Morgan fingerprint density at radius 1 is 1.18 bits per heavy atom. The Balaban J connectivity index is 1.49. The summed E-state index contributed by atoms with van der Waals surface area (Å²) in [5, 5.41) is 7.73. The molecule has 2 aromatic carbocycles. The van der Waals surface area contributed by atoms with E-state index >= 15 is 0 Å². The number of para-hydroxylation sites is 1. The van der Waals surface area contributed by atoms with Crippen LogP contribution in [-0.2, 0) is 11.3 Å². The Morgan fingerprint density at radius 3 is 2.75 bits per heavy atom. The van der Waals surface area contributed by atoms with E-state index in [1.165, 1.54) is 0 Å². The molecule has 2 heterocycles. The van der Waals surface area contributed by atoms with E-state index in [-0.39, 0.29) is 11.8 Å². The topological polar surface area (TPSA) is 67.2 Å². The van der Waals surface area contributed by atoms with Crippen LogP contribution in [0.5, 0.6) is 0 Å². The Bertz CT molecular complexity index is 1020. The van der Waals surface area contributed by atoms with Gasteiger partial charge in [0, 0.05) is 36.3 Å². The fourth-order valence-corrected chi connectivity index (χ4v) is 3.44. The quantitative estimate of drug-likeness (QED) is 0.719. The first kappa shape index (κ1) is 18.3. The molecule has 1 fully saturated rings. The molecular weight excluding hydrogens is 376 g/mol. The van der Waals surface area contributed by atoms with E-state index in [1.807, 2.05) is 36.5 Å². The molecule has 1 aliphatic rings. The van der Waals surface area contributed by atoms with Crippen molar-refractivity contribution in [2.75, 3.05) is 11.4 Å². The first-order valence-corrected chi connectivity index (χ1v) is 9.47. The molecule has 0 bridgehead atoms. The molecule has 1 aromatic heterocycles. The number of carbonyl (C=O) groups is 2. The van der Waals surface area contributed by atoms with Gasteiger partial charge in [0.15, 0.2) is 0 Å². The minimum atomic E-state index is -0.251. The predicted octanol–water partition coefficient (Wildman–Crippen LogP) is 3.58. The van der Waals surface area contributed by atoms with Crippen molar-refractivity contribution in [1.82, 2.24) is 15.1 Å². The van der Waals surface area contributed by atoms with Crippen LogP contribution in [0.1, 0.15) is 28.8 Å². The van der Waals surface area contributed by atoms with Gasteiger partial charge in [0.05, 0.1) is 23.1 Å². The minimum absolute atomic E-state index is 0.0143. The summed E-state index contributed by atoms with van der Waals surface area (Å²) >= 11 is 6.10. The van der Waals surface area contributed by atoms with Crippen molar-refractivity contribution in [3.05, 3.63) is 77.1 Å². The molecule has 0 aliphatic carbocycles. The highest BCUT2D eigenvalue weighted by molar-refractivity contribution is 6.31. The molecule has 7 heteroatoms. The number of hydrogen-bond donors (Lipinski definition) is 1. The van der Waals surface area contributed by atoms with E-state index in [1.54, 1.807) is 34.0 Å². The lowest BCUT2D eigenvalue weighted by molar-refractivity contribution is -0.117. The second kappa shape index (κ2) is 7.86. The van der Waals surface area contributed by atoms with Gasteiger partial charge in [-0.25, -0.2) is 4.68 Å². The first-order chi connectivity index (χ1) is 13.6. The summed E-state index contributed by atoms with van der Waals surface area (Å²) in [5.74, 6) is -0.237. The van der Waals surface area contributed by atoms with E-state index in [2.05, 4.69) is 10.4 Å². The Morgan fingerprint density at radius 2 is 2.00 bits per heavy atom. The Kier molecular flexibility index (Phi) is 5.12. The van der Waals surface area contributed by atoms with E-state index in [4.69, 9.17) is 11.6 Å². The maximum atomic E-state index is 12.8. The van der Waals surface area contributed by atoms with Crippen molar-refractivity contribution in [2.45, 2.75) is 19.4 Å². The average Bonchev–Trinajstić information content (AvgIpc) is 3.36. The molecule has 1 aliphatic heterocycles. The fourth-order valence-electron chi connectivity index (χ4n) is 3.27. The van der Waals surface area contributed by atoms with Gasteiger partial charge in [-0.05, 0) is 36.8 Å². The molecule has 142 valence electrons. The zero-order valence-corrected chi connectivity index (χ0v) is 15.9. The highest BCUT2D eigenvalue weighted by Crippen LogP contribution is 2.28.